The lowest BCUT2D eigenvalue weighted by molar-refractivity contribution is 0.0702. The van der Waals surface area contributed by atoms with E-state index in [0.29, 0.717) is 11.5 Å². The summed E-state index contributed by atoms with van der Waals surface area (Å²) in [5.74, 6) is -0.145. The third kappa shape index (κ3) is 3.31. The molecule has 0 aliphatic rings. The van der Waals surface area contributed by atoms with Crippen LogP contribution in [0.25, 0.3) is 0 Å². The van der Waals surface area contributed by atoms with Crippen molar-refractivity contribution in [2.24, 2.45) is 0 Å². The second kappa shape index (κ2) is 5.33. The van der Waals surface area contributed by atoms with Crippen LogP contribution in [0.4, 0.5) is 0 Å². The average molecular weight is 313 g/mol. The van der Waals surface area contributed by atoms with Gasteiger partial charge in [-0.25, -0.2) is 4.79 Å². The molecular formula is C12H9BrO3S. The molecule has 17 heavy (non-hydrogen) atoms. The Morgan fingerprint density at radius 3 is 2.82 bits per heavy atom. The summed E-state index contributed by atoms with van der Waals surface area (Å²) >= 11 is 4.58. The summed E-state index contributed by atoms with van der Waals surface area (Å²) in [6.45, 7) is 0.383. The molecule has 0 bridgehead atoms. The van der Waals surface area contributed by atoms with E-state index < -0.39 is 5.97 Å². The highest BCUT2D eigenvalue weighted by Crippen LogP contribution is 2.21. The first-order valence-electron chi connectivity index (χ1n) is 4.85. The van der Waals surface area contributed by atoms with Crippen LogP contribution in [-0.2, 0) is 6.61 Å². The fourth-order valence-corrected chi connectivity index (χ4v) is 2.42. The molecule has 0 fully saturated rings. The zero-order chi connectivity index (χ0) is 12.3. The molecule has 88 valence electrons. The molecule has 0 saturated heterocycles. The number of carbonyl (C=O) groups is 1. The van der Waals surface area contributed by atoms with E-state index in [0.717, 1.165) is 15.1 Å². The fourth-order valence-electron chi connectivity index (χ4n) is 1.28. The first-order chi connectivity index (χ1) is 8.15. The Balaban J connectivity index is 2.00. The number of hydrogen-bond acceptors (Lipinski definition) is 3. The van der Waals surface area contributed by atoms with E-state index in [-0.39, 0.29) is 0 Å². The van der Waals surface area contributed by atoms with Crippen molar-refractivity contribution in [2.75, 3.05) is 0 Å². The summed E-state index contributed by atoms with van der Waals surface area (Å²) in [4.78, 5) is 11.9. The highest BCUT2D eigenvalue weighted by atomic mass is 79.9. The molecule has 1 aromatic heterocycles. The van der Waals surface area contributed by atoms with Crippen molar-refractivity contribution < 1.29 is 14.6 Å². The number of aromatic carboxylic acids is 1. The van der Waals surface area contributed by atoms with Crippen molar-refractivity contribution in [3.63, 3.8) is 0 Å². The Kier molecular flexibility index (Phi) is 3.81. The van der Waals surface area contributed by atoms with Crippen LogP contribution in [0.15, 0.2) is 40.9 Å². The number of hydrogen-bond donors (Lipinski definition) is 1. The Morgan fingerprint density at radius 2 is 2.18 bits per heavy atom. The number of benzene rings is 1. The lowest BCUT2D eigenvalue weighted by Gasteiger charge is -2.04. The number of halogens is 1. The largest absolute Gasteiger partial charge is 0.488 e. The lowest BCUT2D eigenvalue weighted by atomic mass is 10.3. The van der Waals surface area contributed by atoms with Gasteiger partial charge in [-0.05, 0) is 30.3 Å². The van der Waals surface area contributed by atoms with Gasteiger partial charge >= 0.3 is 5.97 Å². The predicted molar refractivity (Wildman–Crippen MR) is 69.8 cm³/mol. The van der Waals surface area contributed by atoms with Gasteiger partial charge in [-0.15, -0.1) is 11.3 Å². The van der Waals surface area contributed by atoms with Gasteiger partial charge < -0.3 is 9.84 Å². The third-order valence-corrected chi connectivity index (χ3v) is 3.59. The molecule has 0 unspecified atom stereocenters. The summed E-state index contributed by atoms with van der Waals surface area (Å²) in [5, 5.41) is 8.78. The minimum absolute atomic E-state index is 0.331. The Labute approximate surface area is 111 Å². The monoisotopic (exact) mass is 312 g/mol. The van der Waals surface area contributed by atoms with Crippen LogP contribution in [-0.4, -0.2) is 11.1 Å². The van der Waals surface area contributed by atoms with Gasteiger partial charge in [-0.2, -0.15) is 0 Å². The molecule has 2 rings (SSSR count). The second-order valence-corrected chi connectivity index (χ2v) is 5.40. The summed E-state index contributed by atoms with van der Waals surface area (Å²) in [6.07, 6.45) is 0. The molecule has 0 aliphatic heterocycles. The highest BCUT2D eigenvalue weighted by molar-refractivity contribution is 9.10. The molecule has 0 spiro atoms. The maximum atomic E-state index is 10.7. The van der Waals surface area contributed by atoms with E-state index in [2.05, 4.69) is 15.9 Å². The van der Waals surface area contributed by atoms with Crippen LogP contribution in [0.2, 0.25) is 0 Å². The molecule has 2 aromatic rings. The maximum absolute atomic E-state index is 10.7. The minimum Gasteiger partial charge on any atom is -0.488 e. The smallest absolute Gasteiger partial charge is 0.345 e. The van der Waals surface area contributed by atoms with Crippen molar-refractivity contribution >= 4 is 33.2 Å². The van der Waals surface area contributed by atoms with Gasteiger partial charge in [0.05, 0.1) is 0 Å². The molecule has 0 aliphatic carbocycles. The van der Waals surface area contributed by atoms with Crippen molar-refractivity contribution in [1.82, 2.24) is 0 Å². The zero-order valence-corrected chi connectivity index (χ0v) is 11.1. The Morgan fingerprint density at radius 1 is 1.35 bits per heavy atom. The van der Waals surface area contributed by atoms with Gasteiger partial charge in [-0.3, -0.25) is 0 Å². The molecule has 5 heteroatoms. The first kappa shape index (κ1) is 12.1. The number of carboxylic acids is 1. The number of rotatable bonds is 4. The lowest BCUT2D eigenvalue weighted by Crippen LogP contribution is -1.92. The van der Waals surface area contributed by atoms with E-state index in [4.69, 9.17) is 9.84 Å². The number of ether oxygens (including phenoxy) is 1. The molecule has 0 atom stereocenters. The van der Waals surface area contributed by atoms with Gasteiger partial charge in [-0.1, -0.05) is 22.0 Å². The van der Waals surface area contributed by atoms with E-state index in [9.17, 15) is 4.79 Å². The fraction of sp³-hybridized carbons (Fsp3) is 0.0833. The van der Waals surface area contributed by atoms with Crippen LogP contribution in [0.3, 0.4) is 0 Å². The van der Waals surface area contributed by atoms with Crippen molar-refractivity contribution in [3.05, 3.63) is 50.6 Å². The molecule has 1 heterocycles. The van der Waals surface area contributed by atoms with E-state index >= 15 is 0 Å². The average Bonchev–Trinajstić information content (AvgIpc) is 2.75. The van der Waals surface area contributed by atoms with Crippen molar-refractivity contribution in [2.45, 2.75) is 6.61 Å². The van der Waals surface area contributed by atoms with E-state index in [1.807, 2.05) is 24.3 Å². The highest BCUT2D eigenvalue weighted by Gasteiger charge is 2.07. The summed E-state index contributed by atoms with van der Waals surface area (Å²) in [7, 11) is 0. The van der Waals surface area contributed by atoms with E-state index in [1.165, 1.54) is 11.3 Å². The number of carboxylic acid groups (broad SMARTS) is 1. The van der Waals surface area contributed by atoms with Gasteiger partial charge in [0.2, 0.25) is 0 Å². The Hall–Kier alpha value is -1.33. The zero-order valence-electron chi connectivity index (χ0n) is 8.72. The van der Waals surface area contributed by atoms with Gasteiger partial charge in [0.1, 0.15) is 17.2 Å². The molecule has 1 N–H and O–H groups in total. The molecule has 0 radical (unpaired) electrons. The molecule has 0 saturated carbocycles. The van der Waals surface area contributed by atoms with Crippen LogP contribution < -0.4 is 4.74 Å². The third-order valence-electron chi connectivity index (χ3n) is 2.05. The normalized spacial score (nSPS) is 10.2. The van der Waals surface area contributed by atoms with Gasteiger partial charge in [0.25, 0.3) is 0 Å². The summed E-state index contributed by atoms with van der Waals surface area (Å²) < 4.78 is 6.50. The minimum atomic E-state index is -0.899. The van der Waals surface area contributed by atoms with Crippen LogP contribution >= 0.6 is 27.3 Å². The molecule has 3 nitrogen and oxygen atoms in total. The topological polar surface area (TPSA) is 46.5 Å². The number of thiophene rings is 1. The quantitative estimate of drug-likeness (QED) is 0.934. The van der Waals surface area contributed by atoms with Gasteiger partial charge in [0.15, 0.2) is 0 Å². The SMILES string of the molecule is O=C(O)c1ccc(COc2cccc(Br)c2)s1. The molecule has 0 amide bonds. The van der Waals surface area contributed by atoms with Crippen molar-refractivity contribution in [1.29, 1.82) is 0 Å². The predicted octanol–water partition coefficient (Wildman–Crippen LogP) is 3.79. The van der Waals surface area contributed by atoms with Crippen molar-refractivity contribution in [3.8, 4) is 5.75 Å². The van der Waals surface area contributed by atoms with Gasteiger partial charge in [0, 0.05) is 9.35 Å². The first-order valence-corrected chi connectivity index (χ1v) is 6.46. The summed E-state index contributed by atoms with van der Waals surface area (Å²) in [5.41, 5.74) is 0. The standard InChI is InChI=1S/C12H9BrO3S/c13-8-2-1-3-9(6-8)16-7-10-4-5-11(17-10)12(14)15/h1-6H,7H2,(H,14,15). The van der Waals surface area contributed by atoms with E-state index in [1.54, 1.807) is 12.1 Å². The molecular weight excluding hydrogens is 304 g/mol. The summed E-state index contributed by atoms with van der Waals surface area (Å²) in [6, 6.07) is 10.9. The Bertz CT molecular complexity index is 536. The maximum Gasteiger partial charge on any atom is 0.345 e. The van der Waals surface area contributed by atoms with Crippen LogP contribution in [0.1, 0.15) is 14.5 Å². The van der Waals surface area contributed by atoms with Crippen LogP contribution in [0, 0.1) is 0 Å². The van der Waals surface area contributed by atoms with Crippen LogP contribution in [0.5, 0.6) is 5.75 Å². The second-order valence-electron chi connectivity index (χ2n) is 3.32. The molecule has 1 aromatic carbocycles.